The number of rotatable bonds is 1. The molecule has 1 spiro atoms. The van der Waals surface area contributed by atoms with Gasteiger partial charge < -0.3 is 5.32 Å². The molecule has 1 heterocycles. The van der Waals surface area contributed by atoms with Crippen molar-refractivity contribution in [2.45, 2.75) is 25.7 Å². The third-order valence-electron chi connectivity index (χ3n) is 3.91. The van der Waals surface area contributed by atoms with Crippen LogP contribution in [0.2, 0.25) is 0 Å². The van der Waals surface area contributed by atoms with Gasteiger partial charge in [0.15, 0.2) is 5.17 Å². The molecule has 3 rings (SSSR count). The first-order chi connectivity index (χ1) is 9.17. The summed E-state index contributed by atoms with van der Waals surface area (Å²) < 4.78 is 13.8. The summed E-state index contributed by atoms with van der Waals surface area (Å²) in [4.78, 5) is 4.68. The summed E-state index contributed by atoms with van der Waals surface area (Å²) in [7, 11) is 0. The van der Waals surface area contributed by atoms with Gasteiger partial charge in [0.05, 0.1) is 5.69 Å². The van der Waals surface area contributed by atoms with Crippen LogP contribution in [-0.4, -0.2) is 17.5 Å². The number of thioether (sulfide) groups is 1. The first kappa shape index (κ1) is 13.4. The molecule has 0 atom stereocenters. The molecular formula is C14H16BrFN2S. The minimum absolute atomic E-state index is 0.236. The summed E-state index contributed by atoms with van der Waals surface area (Å²) in [5, 5.41) is 4.23. The van der Waals surface area contributed by atoms with E-state index in [0.717, 1.165) is 27.6 Å². The van der Waals surface area contributed by atoms with Crippen molar-refractivity contribution < 1.29 is 4.39 Å². The van der Waals surface area contributed by atoms with Crippen LogP contribution in [0, 0.1) is 11.2 Å². The lowest BCUT2D eigenvalue weighted by molar-refractivity contribution is 0.359. The van der Waals surface area contributed by atoms with Gasteiger partial charge >= 0.3 is 0 Å². The predicted octanol–water partition coefficient (Wildman–Crippen LogP) is 4.66. The molecule has 19 heavy (non-hydrogen) atoms. The standard InChI is InChI=1S/C14H16BrFN2S/c15-11-7-10(16)3-4-12(11)18-13-17-8-14(9-19-13)5-1-2-6-14/h3-4,7H,1-2,5-6,8-9H2,(H,17,18). The molecule has 2 nitrogen and oxygen atoms in total. The first-order valence-electron chi connectivity index (χ1n) is 6.56. The van der Waals surface area contributed by atoms with Crippen molar-refractivity contribution in [3.05, 3.63) is 28.5 Å². The topological polar surface area (TPSA) is 24.4 Å². The number of hydrogen-bond acceptors (Lipinski definition) is 3. The van der Waals surface area contributed by atoms with Crippen molar-refractivity contribution in [3.63, 3.8) is 0 Å². The smallest absolute Gasteiger partial charge is 0.161 e. The largest absolute Gasteiger partial charge is 0.334 e. The average molecular weight is 343 g/mol. The van der Waals surface area contributed by atoms with Crippen molar-refractivity contribution in [1.82, 2.24) is 0 Å². The maximum absolute atomic E-state index is 13.0. The highest BCUT2D eigenvalue weighted by Crippen LogP contribution is 2.43. The Bertz CT molecular complexity index is 512. The van der Waals surface area contributed by atoms with Gasteiger partial charge in [-0.05, 0) is 52.4 Å². The van der Waals surface area contributed by atoms with E-state index in [0.29, 0.717) is 5.41 Å². The van der Waals surface area contributed by atoms with Crippen LogP contribution in [0.1, 0.15) is 25.7 Å². The van der Waals surface area contributed by atoms with Gasteiger partial charge in [-0.3, -0.25) is 4.99 Å². The molecule has 0 amide bonds. The summed E-state index contributed by atoms with van der Waals surface area (Å²) in [5.41, 5.74) is 1.32. The molecule has 0 radical (unpaired) electrons. The minimum Gasteiger partial charge on any atom is -0.334 e. The highest BCUT2D eigenvalue weighted by atomic mass is 79.9. The lowest BCUT2D eigenvalue weighted by atomic mass is 9.89. The maximum Gasteiger partial charge on any atom is 0.161 e. The Hall–Kier alpha value is -0.550. The highest BCUT2D eigenvalue weighted by molar-refractivity contribution is 9.10. The molecule has 1 aliphatic heterocycles. The fourth-order valence-electron chi connectivity index (χ4n) is 2.76. The normalized spacial score (nSPS) is 21.5. The van der Waals surface area contributed by atoms with Gasteiger partial charge in [0, 0.05) is 16.8 Å². The van der Waals surface area contributed by atoms with Gasteiger partial charge in [0.1, 0.15) is 5.82 Å². The van der Waals surface area contributed by atoms with E-state index in [-0.39, 0.29) is 5.82 Å². The van der Waals surface area contributed by atoms with E-state index in [1.807, 2.05) is 0 Å². The molecule has 1 aromatic carbocycles. The quantitative estimate of drug-likeness (QED) is 0.802. The second-order valence-corrected chi connectivity index (χ2v) is 7.18. The van der Waals surface area contributed by atoms with Gasteiger partial charge in [0.2, 0.25) is 0 Å². The average Bonchev–Trinajstić information content (AvgIpc) is 2.84. The molecule has 1 aliphatic carbocycles. The van der Waals surface area contributed by atoms with Crippen LogP contribution in [0.4, 0.5) is 10.1 Å². The molecule has 5 heteroatoms. The molecule has 102 valence electrons. The van der Waals surface area contributed by atoms with Gasteiger partial charge in [-0.1, -0.05) is 24.6 Å². The molecule has 1 aromatic rings. The second kappa shape index (κ2) is 5.44. The van der Waals surface area contributed by atoms with E-state index in [1.165, 1.54) is 37.8 Å². The summed E-state index contributed by atoms with van der Waals surface area (Å²) in [6.45, 7) is 0.932. The third kappa shape index (κ3) is 2.97. The number of hydrogen-bond donors (Lipinski definition) is 1. The van der Waals surface area contributed by atoms with Crippen LogP contribution in [0.3, 0.4) is 0 Å². The molecule has 1 N–H and O–H groups in total. The minimum atomic E-state index is -0.236. The van der Waals surface area contributed by atoms with E-state index >= 15 is 0 Å². The van der Waals surface area contributed by atoms with Crippen LogP contribution >= 0.6 is 27.7 Å². The zero-order valence-corrected chi connectivity index (χ0v) is 13.0. The van der Waals surface area contributed by atoms with Gasteiger partial charge in [0.25, 0.3) is 0 Å². The van der Waals surface area contributed by atoms with Crippen LogP contribution in [0.15, 0.2) is 27.7 Å². The van der Waals surface area contributed by atoms with E-state index in [1.54, 1.807) is 17.8 Å². The van der Waals surface area contributed by atoms with Gasteiger partial charge in [-0.15, -0.1) is 0 Å². The molecule has 1 fully saturated rings. The number of aliphatic imine (C=N–C) groups is 1. The summed E-state index contributed by atoms with van der Waals surface area (Å²) in [6.07, 6.45) is 5.33. The number of nitrogens with zero attached hydrogens (tertiary/aromatic N) is 1. The summed E-state index contributed by atoms with van der Waals surface area (Å²) >= 11 is 5.16. The number of benzene rings is 1. The molecule has 0 bridgehead atoms. The highest BCUT2D eigenvalue weighted by Gasteiger charge is 2.36. The molecule has 0 unspecified atom stereocenters. The van der Waals surface area contributed by atoms with Crippen LogP contribution in [-0.2, 0) is 0 Å². The number of halogens is 2. The van der Waals surface area contributed by atoms with Crippen molar-refractivity contribution in [3.8, 4) is 0 Å². The number of anilines is 1. The fraction of sp³-hybridized carbons (Fsp3) is 0.500. The number of amidine groups is 1. The molecule has 0 saturated heterocycles. The first-order valence-corrected chi connectivity index (χ1v) is 8.34. The summed E-state index contributed by atoms with van der Waals surface area (Å²) in [5.74, 6) is 0.915. The van der Waals surface area contributed by atoms with Crippen molar-refractivity contribution in [2.75, 3.05) is 17.6 Å². The molecule has 2 aliphatic rings. The Kier molecular flexibility index (Phi) is 3.85. The Morgan fingerprint density at radius 3 is 2.74 bits per heavy atom. The van der Waals surface area contributed by atoms with Crippen molar-refractivity contribution in [1.29, 1.82) is 0 Å². The third-order valence-corrected chi connectivity index (χ3v) is 5.83. The van der Waals surface area contributed by atoms with E-state index in [9.17, 15) is 4.39 Å². The Morgan fingerprint density at radius 2 is 2.11 bits per heavy atom. The number of nitrogens with one attached hydrogen (secondary N) is 1. The molecule has 0 aromatic heterocycles. The Balaban J connectivity index is 1.69. The van der Waals surface area contributed by atoms with Crippen LogP contribution in [0.5, 0.6) is 0 Å². The second-order valence-electron chi connectivity index (χ2n) is 5.37. The fourth-order valence-corrected chi connectivity index (χ4v) is 4.37. The lowest BCUT2D eigenvalue weighted by Crippen LogP contribution is -2.30. The van der Waals surface area contributed by atoms with Crippen molar-refractivity contribution >= 4 is 38.5 Å². The van der Waals surface area contributed by atoms with E-state index in [4.69, 9.17) is 0 Å². The summed E-state index contributed by atoms with van der Waals surface area (Å²) in [6, 6.07) is 4.66. The van der Waals surface area contributed by atoms with Gasteiger partial charge in [-0.2, -0.15) is 0 Å². The maximum atomic E-state index is 13.0. The van der Waals surface area contributed by atoms with Gasteiger partial charge in [-0.25, -0.2) is 4.39 Å². The van der Waals surface area contributed by atoms with Crippen LogP contribution in [0.25, 0.3) is 0 Å². The zero-order valence-electron chi connectivity index (χ0n) is 10.6. The predicted molar refractivity (Wildman–Crippen MR) is 83.4 cm³/mol. The van der Waals surface area contributed by atoms with Crippen LogP contribution < -0.4 is 5.32 Å². The van der Waals surface area contributed by atoms with Crippen molar-refractivity contribution in [2.24, 2.45) is 10.4 Å². The SMILES string of the molecule is Fc1ccc(NC2=NCC3(CCCC3)CS2)c(Br)c1. The lowest BCUT2D eigenvalue weighted by Gasteiger charge is -2.31. The molecule has 1 saturated carbocycles. The Labute approximate surface area is 125 Å². The van der Waals surface area contributed by atoms with E-state index in [2.05, 4.69) is 26.2 Å². The molecular weight excluding hydrogens is 327 g/mol. The zero-order chi connectivity index (χ0) is 13.3. The van der Waals surface area contributed by atoms with E-state index < -0.39 is 0 Å². The monoisotopic (exact) mass is 342 g/mol. The Morgan fingerprint density at radius 1 is 1.32 bits per heavy atom.